The average Bonchev–Trinajstić information content (AvgIpc) is 3.58. The van der Waals surface area contributed by atoms with Crippen LogP contribution in [-0.2, 0) is 5.41 Å². The zero-order valence-corrected chi connectivity index (χ0v) is 32.0. The van der Waals surface area contributed by atoms with Crippen LogP contribution in [0.1, 0.15) is 25.0 Å². The van der Waals surface area contributed by atoms with Crippen molar-refractivity contribution >= 4 is 96.8 Å². The first-order valence-electron chi connectivity index (χ1n) is 19.7. The third kappa shape index (κ3) is 3.90. The minimum atomic E-state index is -2.85. The van der Waals surface area contributed by atoms with E-state index in [1.54, 1.807) is 10.6 Å². The Labute approximate surface area is 324 Å². The normalized spacial score (nSPS) is 15.3. The standard InChI is InChI=1S/C51H37B2NSi/c1-51(2)37-22-7-8-24-39(37)53-42-27-11-15-32-47(42)55(48-33-17-23-38(51)49(48)53)45-30-13-9-25-40(45)52(41-26-10-14-31-46(41)55)43-28-16-21-36-35-20-6-12-29-44(35)54(50(36)43)34-18-4-3-5-19-34/h3-33H,1-2H3. The summed E-state index contributed by atoms with van der Waals surface area (Å²) in [6.07, 6.45) is 0. The van der Waals surface area contributed by atoms with Crippen LogP contribution in [0.25, 0.3) is 27.5 Å². The zero-order chi connectivity index (χ0) is 36.5. The van der Waals surface area contributed by atoms with Crippen LogP contribution in [0.2, 0.25) is 0 Å². The van der Waals surface area contributed by atoms with Crippen LogP contribution in [0, 0.1) is 0 Å². The van der Waals surface area contributed by atoms with Gasteiger partial charge >= 0.3 is 0 Å². The molecule has 12 rings (SSSR count). The van der Waals surface area contributed by atoms with Gasteiger partial charge < -0.3 is 4.57 Å². The lowest BCUT2D eigenvalue weighted by atomic mass is 9.31. The zero-order valence-electron chi connectivity index (χ0n) is 31.0. The molecule has 55 heavy (non-hydrogen) atoms. The molecule has 1 spiro atoms. The number of hydrogen-bond acceptors (Lipinski definition) is 0. The lowest BCUT2D eigenvalue weighted by Gasteiger charge is -2.51. The van der Waals surface area contributed by atoms with Gasteiger partial charge in [-0.05, 0) is 55.5 Å². The lowest BCUT2D eigenvalue weighted by molar-refractivity contribution is 0.646. The van der Waals surface area contributed by atoms with Crippen molar-refractivity contribution in [3.05, 3.63) is 199 Å². The molecule has 0 atom stereocenters. The maximum Gasteiger partial charge on any atom is 0.243 e. The van der Waals surface area contributed by atoms with Crippen LogP contribution in [0.15, 0.2) is 188 Å². The van der Waals surface area contributed by atoms with E-state index in [-0.39, 0.29) is 18.8 Å². The highest BCUT2D eigenvalue weighted by atomic mass is 28.3. The van der Waals surface area contributed by atoms with Crippen LogP contribution >= 0.6 is 0 Å². The molecule has 0 saturated carbocycles. The van der Waals surface area contributed by atoms with Gasteiger partial charge in [0, 0.05) is 27.4 Å². The van der Waals surface area contributed by atoms with Crippen molar-refractivity contribution in [3.63, 3.8) is 0 Å². The molecule has 0 amide bonds. The third-order valence-corrected chi connectivity index (χ3v) is 18.5. The van der Waals surface area contributed by atoms with Gasteiger partial charge in [-0.25, -0.2) is 0 Å². The summed E-state index contributed by atoms with van der Waals surface area (Å²) in [5.74, 6) is 0. The molecule has 8 aromatic carbocycles. The molecule has 0 unspecified atom stereocenters. The van der Waals surface area contributed by atoms with Crippen LogP contribution < -0.4 is 53.5 Å². The molecule has 0 bridgehead atoms. The van der Waals surface area contributed by atoms with Crippen molar-refractivity contribution in [1.82, 2.24) is 4.57 Å². The van der Waals surface area contributed by atoms with E-state index in [4.69, 9.17) is 0 Å². The van der Waals surface area contributed by atoms with Crippen molar-refractivity contribution in [2.45, 2.75) is 19.3 Å². The van der Waals surface area contributed by atoms with Gasteiger partial charge in [0.25, 0.3) is 0 Å². The summed E-state index contributed by atoms with van der Waals surface area (Å²) in [5.41, 5.74) is 15.2. The number of para-hydroxylation sites is 3. The molecule has 4 heterocycles. The van der Waals surface area contributed by atoms with E-state index in [0.717, 1.165) is 0 Å². The number of aromatic nitrogens is 1. The van der Waals surface area contributed by atoms with Gasteiger partial charge in [-0.1, -0.05) is 211 Å². The van der Waals surface area contributed by atoms with Crippen molar-refractivity contribution in [3.8, 4) is 5.69 Å². The van der Waals surface area contributed by atoms with E-state index in [0.29, 0.717) is 0 Å². The molecule has 0 radical (unpaired) electrons. The summed E-state index contributed by atoms with van der Waals surface area (Å²) in [5, 5.41) is 8.73. The van der Waals surface area contributed by atoms with Crippen LogP contribution in [0.4, 0.5) is 0 Å². The number of rotatable bonds is 2. The minimum Gasteiger partial charge on any atom is -0.310 e. The second kappa shape index (κ2) is 11.2. The predicted octanol–water partition coefficient (Wildman–Crippen LogP) is 4.46. The minimum absolute atomic E-state index is 0.0580. The molecule has 0 saturated heterocycles. The summed E-state index contributed by atoms with van der Waals surface area (Å²) >= 11 is 0. The SMILES string of the molecule is CC1(C)c2ccccc2B2c3ccccc3[Si]3(c4ccccc4B(c4cccc5c6ccccc6n(-c6ccccc6)c45)c4ccccc43)c3cccc1c32. The summed E-state index contributed by atoms with van der Waals surface area (Å²) in [6.45, 7) is 5.15. The maximum atomic E-state index is 2.53. The topological polar surface area (TPSA) is 4.93 Å². The second-order valence-corrected chi connectivity index (χ2v) is 19.9. The summed E-state index contributed by atoms with van der Waals surface area (Å²) in [6, 6.07) is 72.2. The predicted molar refractivity (Wildman–Crippen MR) is 239 cm³/mol. The van der Waals surface area contributed by atoms with Gasteiger partial charge in [-0.2, -0.15) is 0 Å². The van der Waals surface area contributed by atoms with E-state index >= 15 is 0 Å². The number of fused-ring (bicyclic) bond motifs is 13. The highest BCUT2D eigenvalue weighted by Gasteiger charge is 2.57. The Kier molecular flexibility index (Phi) is 6.38. The number of benzene rings is 8. The van der Waals surface area contributed by atoms with Gasteiger partial charge in [-0.3, -0.25) is 0 Å². The fraction of sp³-hybridized carbons (Fsp3) is 0.0588. The highest BCUT2D eigenvalue weighted by Crippen LogP contribution is 2.35. The molecule has 0 N–H and O–H groups in total. The fourth-order valence-electron chi connectivity index (χ4n) is 11.5. The van der Waals surface area contributed by atoms with E-state index in [2.05, 4.69) is 206 Å². The van der Waals surface area contributed by atoms with E-state index in [1.165, 1.54) is 81.5 Å². The molecule has 3 aliphatic heterocycles. The number of hydrogen-bond donors (Lipinski definition) is 0. The molecule has 3 aliphatic rings. The van der Waals surface area contributed by atoms with Crippen LogP contribution in [-0.4, -0.2) is 26.1 Å². The molecular formula is C51H37B2NSi. The van der Waals surface area contributed by atoms with Crippen molar-refractivity contribution in [2.75, 3.05) is 0 Å². The van der Waals surface area contributed by atoms with Gasteiger partial charge in [0.15, 0.2) is 8.07 Å². The molecular weight excluding hydrogens is 676 g/mol. The molecule has 0 fully saturated rings. The van der Waals surface area contributed by atoms with E-state index < -0.39 is 8.07 Å². The Bertz CT molecular complexity index is 3000. The van der Waals surface area contributed by atoms with Gasteiger partial charge in [0.05, 0.1) is 5.52 Å². The van der Waals surface area contributed by atoms with Gasteiger partial charge in [0.2, 0.25) is 13.4 Å². The largest absolute Gasteiger partial charge is 0.310 e. The maximum absolute atomic E-state index is 2.85. The molecule has 0 aliphatic carbocycles. The van der Waals surface area contributed by atoms with Gasteiger partial charge in [-0.15, -0.1) is 0 Å². The monoisotopic (exact) mass is 713 g/mol. The molecule has 4 heteroatoms. The average molecular weight is 714 g/mol. The van der Waals surface area contributed by atoms with Crippen LogP contribution in [0.3, 0.4) is 0 Å². The Morgan fingerprint density at radius 2 is 0.891 bits per heavy atom. The van der Waals surface area contributed by atoms with E-state index in [9.17, 15) is 0 Å². The summed E-state index contributed by atoms with van der Waals surface area (Å²) < 4.78 is 2.51. The van der Waals surface area contributed by atoms with Crippen molar-refractivity contribution in [2.24, 2.45) is 0 Å². The summed E-state index contributed by atoms with van der Waals surface area (Å²) in [4.78, 5) is 0. The molecule has 256 valence electrons. The Hall–Kier alpha value is -6.09. The Morgan fingerprint density at radius 3 is 1.60 bits per heavy atom. The molecule has 9 aromatic rings. The summed E-state index contributed by atoms with van der Waals surface area (Å²) in [7, 11) is -2.85. The highest BCUT2D eigenvalue weighted by molar-refractivity contribution is 7.31. The molecule has 1 aromatic heterocycles. The van der Waals surface area contributed by atoms with Crippen molar-refractivity contribution < 1.29 is 0 Å². The second-order valence-electron chi connectivity index (χ2n) is 16.3. The Morgan fingerprint density at radius 1 is 0.400 bits per heavy atom. The smallest absolute Gasteiger partial charge is 0.243 e. The number of nitrogens with zero attached hydrogens (tertiary/aromatic N) is 1. The first-order valence-corrected chi connectivity index (χ1v) is 21.7. The van der Waals surface area contributed by atoms with Crippen molar-refractivity contribution in [1.29, 1.82) is 0 Å². The quantitative estimate of drug-likeness (QED) is 0.234. The van der Waals surface area contributed by atoms with E-state index in [1.807, 2.05) is 0 Å². The molecule has 1 nitrogen and oxygen atoms in total. The fourth-order valence-corrected chi connectivity index (χ4v) is 17.2. The first kappa shape index (κ1) is 31.3. The first-order chi connectivity index (χ1) is 27.1. The third-order valence-electron chi connectivity index (χ3n) is 13.5. The van der Waals surface area contributed by atoms with Gasteiger partial charge in [0.1, 0.15) is 0 Å². The lowest BCUT2D eigenvalue weighted by Crippen LogP contribution is -2.93. The van der Waals surface area contributed by atoms with Crippen LogP contribution in [0.5, 0.6) is 0 Å². The Balaban J connectivity index is 1.22.